The molecule has 0 atom stereocenters. The minimum absolute atomic E-state index is 0.00709. The molecule has 3 rings (SSSR count). The SMILES string of the molecule is [C-]#[N+]c1cn2ccnc2c(Oc2cccc(OC(F)(F)F)c2)n1. The first-order valence-electron chi connectivity index (χ1n) is 6.19. The molecule has 116 valence electrons. The summed E-state index contributed by atoms with van der Waals surface area (Å²) in [5.74, 6) is -0.275. The topological polar surface area (TPSA) is 53.0 Å². The van der Waals surface area contributed by atoms with Crippen LogP contribution in [0.5, 0.6) is 17.4 Å². The maximum Gasteiger partial charge on any atom is 0.573 e. The summed E-state index contributed by atoms with van der Waals surface area (Å²) in [6, 6.07) is 5.00. The van der Waals surface area contributed by atoms with Gasteiger partial charge in [0, 0.05) is 24.7 Å². The molecular formula is C14H7F3N4O2. The third-order valence-corrected chi connectivity index (χ3v) is 2.70. The van der Waals surface area contributed by atoms with Gasteiger partial charge in [-0.2, -0.15) is 0 Å². The van der Waals surface area contributed by atoms with E-state index < -0.39 is 12.1 Å². The van der Waals surface area contributed by atoms with Crippen molar-refractivity contribution in [2.45, 2.75) is 6.36 Å². The molecule has 0 unspecified atom stereocenters. The van der Waals surface area contributed by atoms with Gasteiger partial charge >= 0.3 is 12.2 Å². The van der Waals surface area contributed by atoms with Crippen LogP contribution in [0.2, 0.25) is 0 Å². The molecule has 0 saturated heterocycles. The highest BCUT2D eigenvalue weighted by Gasteiger charge is 2.31. The van der Waals surface area contributed by atoms with Crippen LogP contribution in [-0.4, -0.2) is 20.7 Å². The number of benzene rings is 1. The first-order chi connectivity index (χ1) is 10.9. The molecule has 23 heavy (non-hydrogen) atoms. The number of rotatable bonds is 3. The summed E-state index contributed by atoms with van der Waals surface area (Å²) in [6.07, 6.45) is -0.245. The molecule has 0 saturated carbocycles. The van der Waals surface area contributed by atoms with E-state index in [2.05, 4.69) is 19.5 Å². The van der Waals surface area contributed by atoms with Crippen molar-refractivity contribution < 1.29 is 22.6 Å². The van der Waals surface area contributed by atoms with Crippen molar-refractivity contribution in [1.82, 2.24) is 14.4 Å². The van der Waals surface area contributed by atoms with Gasteiger partial charge in [-0.25, -0.2) is 4.98 Å². The van der Waals surface area contributed by atoms with Gasteiger partial charge in [0.05, 0.1) is 0 Å². The van der Waals surface area contributed by atoms with Crippen molar-refractivity contribution >= 4 is 11.5 Å². The zero-order chi connectivity index (χ0) is 16.4. The minimum atomic E-state index is -4.79. The van der Waals surface area contributed by atoms with Gasteiger partial charge < -0.3 is 18.7 Å². The molecule has 0 bridgehead atoms. The normalized spacial score (nSPS) is 11.2. The van der Waals surface area contributed by atoms with Crippen molar-refractivity contribution in [2.24, 2.45) is 0 Å². The molecule has 0 radical (unpaired) electrons. The molecule has 0 aliphatic carbocycles. The Morgan fingerprint density at radius 3 is 2.74 bits per heavy atom. The predicted molar refractivity (Wildman–Crippen MR) is 72.4 cm³/mol. The zero-order valence-corrected chi connectivity index (χ0v) is 11.3. The smallest absolute Gasteiger partial charge is 0.419 e. The molecule has 0 fully saturated rings. The second-order valence-electron chi connectivity index (χ2n) is 4.30. The monoisotopic (exact) mass is 320 g/mol. The van der Waals surface area contributed by atoms with Crippen molar-refractivity contribution in [3.63, 3.8) is 0 Å². The fourth-order valence-corrected chi connectivity index (χ4v) is 1.86. The molecule has 0 amide bonds. The van der Waals surface area contributed by atoms with E-state index in [1.54, 1.807) is 6.20 Å². The molecule has 1 aromatic carbocycles. The Kier molecular flexibility index (Phi) is 3.50. The molecular weight excluding hydrogens is 313 g/mol. The van der Waals surface area contributed by atoms with E-state index in [9.17, 15) is 13.2 Å². The number of fused-ring (bicyclic) bond motifs is 1. The number of hydrogen-bond donors (Lipinski definition) is 0. The molecule has 3 aromatic rings. The van der Waals surface area contributed by atoms with Gasteiger partial charge in [-0.05, 0) is 12.1 Å². The van der Waals surface area contributed by atoms with Gasteiger partial charge in [0.1, 0.15) is 11.5 Å². The van der Waals surface area contributed by atoms with E-state index in [1.807, 2.05) is 0 Å². The van der Waals surface area contributed by atoms with Crippen LogP contribution in [0.15, 0.2) is 42.9 Å². The van der Waals surface area contributed by atoms with Crippen LogP contribution in [0.4, 0.5) is 19.0 Å². The summed E-state index contributed by atoms with van der Waals surface area (Å²) < 4.78 is 47.6. The second-order valence-corrected chi connectivity index (χ2v) is 4.30. The Labute approximate surface area is 127 Å². The van der Waals surface area contributed by atoms with Crippen LogP contribution < -0.4 is 9.47 Å². The number of aromatic nitrogens is 3. The minimum Gasteiger partial charge on any atom is -0.419 e. The van der Waals surface area contributed by atoms with E-state index in [0.717, 1.165) is 12.1 Å². The lowest BCUT2D eigenvalue weighted by molar-refractivity contribution is -0.274. The molecule has 9 heteroatoms. The third-order valence-electron chi connectivity index (χ3n) is 2.70. The van der Waals surface area contributed by atoms with Crippen molar-refractivity contribution in [2.75, 3.05) is 0 Å². The maximum absolute atomic E-state index is 12.2. The van der Waals surface area contributed by atoms with Crippen LogP contribution in [0, 0.1) is 6.57 Å². The highest BCUT2D eigenvalue weighted by Crippen LogP contribution is 2.30. The fraction of sp³-hybridized carbons (Fsp3) is 0.0714. The van der Waals surface area contributed by atoms with Gasteiger partial charge in [-0.3, -0.25) is 0 Å². The van der Waals surface area contributed by atoms with E-state index in [1.165, 1.54) is 28.9 Å². The average Bonchev–Trinajstić information content (AvgIpc) is 2.94. The highest BCUT2D eigenvalue weighted by atomic mass is 19.4. The summed E-state index contributed by atoms with van der Waals surface area (Å²) >= 11 is 0. The summed E-state index contributed by atoms with van der Waals surface area (Å²) in [4.78, 5) is 11.2. The standard InChI is InChI=1S/C14H7F3N4O2/c1-18-11-8-21-6-5-19-12(21)13(20-11)22-9-3-2-4-10(7-9)23-14(15,16)17/h2-8H. The second kappa shape index (κ2) is 5.49. The van der Waals surface area contributed by atoms with E-state index >= 15 is 0 Å². The van der Waals surface area contributed by atoms with E-state index in [-0.39, 0.29) is 17.4 Å². The van der Waals surface area contributed by atoms with Gasteiger partial charge in [0.25, 0.3) is 5.82 Å². The number of ether oxygens (including phenoxy) is 2. The first kappa shape index (κ1) is 14.6. The Morgan fingerprint density at radius 2 is 2.00 bits per heavy atom. The van der Waals surface area contributed by atoms with E-state index in [4.69, 9.17) is 11.3 Å². The average molecular weight is 320 g/mol. The summed E-state index contributed by atoms with van der Waals surface area (Å²) in [6.45, 7) is 7.01. The van der Waals surface area contributed by atoms with Gasteiger partial charge in [0.2, 0.25) is 5.65 Å². The van der Waals surface area contributed by atoms with Gasteiger partial charge in [-0.15, -0.1) is 13.2 Å². The Hall–Kier alpha value is -3.28. The number of nitrogens with zero attached hydrogens (tertiary/aromatic N) is 4. The summed E-state index contributed by atoms with van der Waals surface area (Å²) in [5, 5.41) is 0. The number of alkyl halides is 3. The Balaban J connectivity index is 1.95. The van der Waals surface area contributed by atoms with Crippen LogP contribution in [-0.2, 0) is 0 Å². The van der Waals surface area contributed by atoms with Crippen LogP contribution in [0.1, 0.15) is 0 Å². The Morgan fingerprint density at radius 1 is 1.22 bits per heavy atom. The largest absolute Gasteiger partial charge is 0.573 e. The summed E-state index contributed by atoms with van der Waals surface area (Å²) in [7, 11) is 0. The lowest BCUT2D eigenvalue weighted by Crippen LogP contribution is -2.17. The molecule has 0 N–H and O–H groups in total. The third kappa shape index (κ3) is 3.32. The van der Waals surface area contributed by atoms with Crippen LogP contribution in [0.25, 0.3) is 10.5 Å². The highest BCUT2D eigenvalue weighted by molar-refractivity contribution is 5.55. The van der Waals surface area contributed by atoms with Gasteiger partial charge in [0.15, 0.2) is 0 Å². The zero-order valence-electron chi connectivity index (χ0n) is 11.3. The van der Waals surface area contributed by atoms with Crippen molar-refractivity contribution in [3.8, 4) is 17.4 Å². The molecule has 0 aliphatic rings. The van der Waals surface area contributed by atoms with Gasteiger partial charge in [-0.1, -0.05) is 17.6 Å². The number of hydrogen-bond acceptors (Lipinski definition) is 4. The van der Waals surface area contributed by atoms with Crippen molar-refractivity contribution in [1.29, 1.82) is 0 Å². The molecule has 2 heterocycles. The molecule has 0 aliphatic heterocycles. The Bertz CT molecular complexity index is 899. The quantitative estimate of drug-likeness (QED) is 0.685. The molecule has 6 nitrogen and oxygen atoms in total. The first-order valence-corrected chi connectivity index (χ1v) is 6.19. The maximum atomic E-state index is 12.2. The predicted octanol–water partition coefficient (Wildman–Crippen LogP) is 3.97. The summed E-state index contributed by atoms with van der Waals surface area (Å²) in [5.41, 5.74) is 0.333. The number of imidazole rings is 1. The lowest BCUT2D eigenvalue weighted by atomic mass is 10.3. The van der Waals surface area contributed by atoms with Crippen LogP contribution >= 0.6 is 0 Å². The number of halogens is 3. The van der Waals surface area contributed by atoms with Crippen LogP contribution in [0.3, 0.4) is 0 Å². The molecule has 0 spiro atoms. The fourth-order valence-electron chi connectivity index (χ4n) is 1.86. The van der Waals surface area contributed by atoms with E-state index in [0.29, 0.717) is 5.65 Å². The van der Waals surface area contributed by atoms with Crippen molar-refractivity contribution in [3.05, 3.63) is 54.3 Å². The molecule has 2 aromatic heterocycles. The lowest BCUT2D eigenvalue weighted by Gasteiger charge is -2.10.